The first kappa shape index (κ1) is 14.5. The summed E-state index contributed by atoms with van der Waals surface area (Å²) in [5.74, 6) is -0.271. The minimum atomic E-state index is -0.271. The molecule has 4 nitrogen and oxygen atoms in total. The molecule has 18 heavy (non-hydrogen) atoms. The summed E-state index contributed by atoms with van der Waals surface area (Å²) in [5.41, 5.74) is 7.17. The third kappa shape index (κ3) is 5.68. The molecule has 0 heterocycles. The fourth-order valence-electron chi connectivity index (χ4n) is 1.46. The van der Waals surface area contributed by atoms with Crippen LogP contribution < -0.4 is 5.73 Å². The van der Waals surface area contributed by atoms with Crippen LogP contribution in [0.1, 0.15) is 25.3 Å². The van der Waals surface area contributed by atoms with E-state index in [-0.39, 0.29) is 12.4 Å². The summed E-state index contributed by atoms with van der Waals surface area (Å²) >= 11 is 0. The lowest BCUT2D eigenvalue weighted by molar-refractivity contribution is -0.144. The number of carbonyl (C=O) groups excluding carboxylic acids is 1. The van der Waals surface area contributed by atoms with Crippen molar-refractivity contribution >= 4 is 11.7 Å². The van der Waals surface area contributed by atoms with Crippen molar-refractivity contribution < 1.29 is 14.3 Å². The Labute approximate surface area is 108 Å². The second kappa shape index (κ2) is 8.53. The highest BCUT2D eigenvalue weighted by Crippen LogP contribution is 2.11. The van der Waals surface area contributed by atoms with Crippen molar-refractivity contribution in [1.29, 1.82) is 0 Å². The number of nitrogens with two attached hydrogens (primary N) is 1. The van der Waals surface area contributed by atoms with E-state index in [0.29, 0.717) is 18.9 Å². The van der Waals surface area contributed by atoms with Gasteiger partial charge in [-0.3, -0.25) is 4.79 Å². The largest absolute Gasteiger partial charge is 0.463 e. The van der Waals surface area contributed by atoms with Gasteiger partial charge in [0.1, 0.15) is 6.61 Å². The fraction of sp³-hybridized carbons (Fsp3) is 0.500. The summed E-state index contributed by atoms with van der Waals surface area (Å²) in [5, 5.41) is 0. The van der Waals surface area contributed by atoms with Gasteiger partial charge in [0, 0.05) is 12.3 Å². The number of hydrogen-bond acceptors (Lipinski definition) is 4. The topological polar surface area (TPSA) is 61.5 Å². The van der Waals surface area contributed by atoms with Crippen LogP contribution in [0.2, 0.25) is 0 Å². The monoisotopic (exact) mass is 251 g/mol. The number of unbranched alkanes of at least 4 members (excludes halogenated alkanes) is 1. The molecule has 4 heteroatoms. The Morgan fingerprint density at radius 3 is 2.72 bits per heavy atom. The van der Waals surface area contributed by atoms with E-state index in [9.17, 15) is 4.79 Å². The summed E-state index contributed by atoms with van der Waals surface area (Å²) in [7, 11) is 0. The van der Waals surface area contributed by atoms with Crippen LogP contribution >= 0.6 is 0 Å². The molecule has 0 saturated carbocycles. The number of esters is 1. The van der Waals surface area contributed by atoms with E-state index in [0.717, 1.165) is 25.0 Å². The molecule has 100 valence electrons. The van der Waals surface area contributed by atoms with E-state index in [1.165, 1.54) is 0 Å². The van der Waals surface area contributed by atoms with Gasteiger partial charge in [0.15, 0.2) is 0 Å². The zero-order chi connectivity index (χ0) is 13.2. The van der Waals surface area contributed by atoms with Crippen molar-refractivity contribution in [3.63, 3.8) is 0 Å². The lowest BCUT2D eigenvalue weighted by atomic mass is 10.1. The Morgan fingerprint density at radius 2 is 2.00 bits per heavy atom. The smallest absolute Gasteiger partial charge is 0.310 e. The molecular formula is C14H21NO3. The number of ether oxygens (including phenoxy) is 2. The molecule has 1 aromatic rings. The maximum Gasteiger partial charge on any atom is 0.310 e. The molecule has 0 amide bonds. The predicted molar refractivity (Wildman–Crippen MR) is 71.2 cm³/mol. The van der Waals surface area contributed by atoms with Crippen LogP contribution in [-0.2, 0) is 20.7 Å². The van der Waals surface area contributed by atoms with Crippen LogP contribution in [0.15, 0.2) is 24.3 Å². The Bertz CT molecular complexity index is 366. The number of nitrogen functional groups attached to an aromatic ring is 1. The number of anilines is 1. The molecule has 0 radical (unpaired) electrons. The third-order valence-electron chi connectivity index (χ3n) is 2.52. The first-order chi connectivity index (χ1) is 8.74. The predicted octanol–water partition coefficient (Wildman–Crippen LogP) is 2.17. The summed E-state index contributed by atoms with van der Waals surface area (Å²) in [6.07, 6.45) is 2.35. The average molecular weight is 251 g/mol. The first-order valence-corrected chi connectivity index (χ1v) is 6.30. The summed E-state index contributed by atoms with van der Waals surface area (Å²) in [4.78, 5) is 11.5. The van der Waals surface area contributed by atoms with Crippen molar-refractivity contribution in [2.45, 2.75) is 26.2 Å². The van der Waals surface area contributed by atoms with Crippen molar-refractivity contribution in [3.05, 3.63) is 29.8 Å². The SMILES string of the molecule is CCCCOCCOC(=O)Cc1ccccc1N. The van der Waals surface area contributed by atoms with Gasteiger partial charge in [0.05, 0.1) is 13.0 Å². The van der Waals surface area contributed by atoms with Crippen molar-refractivity contribution in [1.82, 2.24) is 0 Å². The molecule has 1 aromatic carbocycles. The van der Waals surface area contributed by atoms with Crippen LogP contribution in [0.5, 0.6) is 0 Å². The number of benzene rings is 1. The van der Waals surface area contributed by atoms with Crippen molar-refractivity contribution in [2.24, 2.45) is 0 Å². The molecule has 0 saturated heterocycles. The maximum absolute atomic E-state index is 11.5. The van der Waals surface area contributed by atoms with Gasteiger partial charge < -0.3 is 15.2 Å². The zero-order valence-electron chi connectivity index (χ0n) is 10.9. The lowest BCUT2D eigenvalue weighted by Gasteiger charge is -2.07. The molecular weight excluding hydrogens is 230 g/mol. The number of carbonyl (C=O) groups is 1. The first-order valence-electron chi connectivity index (χ1n) is 6.30. The molecule has 0 spiro atoms. The van der Waals surface area contributed by atoms with Crippen LogP contribution in [0.3, 0.4) is 0 Å². The third-order valence-corrected chi connectivity index (χ3v) is 2.52. The number of para-hydroxylation sites is 1. The normalized spacial score (nSPS) is 10.3. The maximum atomic E-state index is 11.5. The van der Waals surface area contributed by atoms with Gasteiger partial charge in [0.25, 0.3) is 0 Å². The van der Waals surface area contributed by atoms with Gasteiger partial charge in [-0.1, -0.05) is 31.5 Å². The fourth-order valence-corrected chi connectivity index (χ4v) is 1.46. The minimum absolute atomic E-state index is 0.210. The second-order valence-corrected chi connectivity index (χ2v) is 4.06. The van der Waals surface area contributed by atoms with Crippen LogP contribution in [0.4, 0.5) is 5.69 Å². The van der Waals surface area contributed by atoms with Gasteiger partial charge >= 0.3 is 5.97 Å². The van der Waals surface area contributed by atoms with E-state index in [2.05, 4.69) is 6.92 Å². The average Bonchev–Trinajstić information content (AvgIpc) is 2.36. The standard InChI is InChI=1S/C14H21NO3/c1-2-3-8-17-9-10-18-14(16)11-12-6-4-5-7-13(12)15/h4-7H,2-3,8-11,15H2,1H3. The minimum Gasteiger partial charge on any atom is -0.463 e. The Kier molecular flexibility index (Phi) is 6.87. The molecule has 0 aromatic heterocycles. The number of hydrogen-bond donors (Lipinski definition) is 1. The molecule has 0 aliphatic rings. The van der Waals surface area contributed by atoms with Crippen LogP contribution in [0, 0.1) is 0 Å². The Balaban J connectivity index is 2.16. The van der Waals surface area contributed by atoms with Gasteiger partial charge in [-0.2, -0.15) is 0 Å². The van der Waals surface area contributed by atoms with Gasteiger partial charge in [0.2, 0.25) is 0 Å². The highest BCUT2D eigenvalue weighted by molar-refractivity contribution is 5.74. The molecule has 0 aliphatic heterocycles. The molecule has 2 N–H and O–H groups in total. The second-order valence-electron chi connectivity index (χ2n) is 4.06. The van der Waals surface area contributed by atoms with E-state index in [1.807, 2.05) is 18.2 Å². The highest BCUT2D eigenvalue weighted by atomic mass is 16.6. The Morgan fingerprint density at radius 1 is 1.22 bits per heavy atom. The van der Waals surface area contributed by atoms with E-state index in [4.69, 9.17) is 15.2 Å². The van der Waals surface area contributed by atoms with Crippen LogP contribution in [0.25, 0.3) is 0 Å². The number of rotatable bonds is 8. The Hall–Kier alpha value is -1.55. The molecule has 0 aliphatic carbocycles. The van der Waals surface area contributed by atoms with Crippen molar-refractivity contribution in [2.75, 3.05) is 25.6 Å². The van der Waals surface area contributed by atoms with E-state index < -0.39 is 0 Å². The van der Waals surface area contributed by atoms with Crippen molar-refractivity contribution in [3.8, 4) is 0 Å². The quantitative estimate of drug-likeness (QED) is 0.437. The zero-order valence-corrected chi connectivity index (χ0v) is 10.9. The molecule has 1 rings (SSSR count). The summed E-state index contributed by atoms with van der Waals surface area (Å²) in [6.45, 7) is 3.58. The lowest BCUT2D eigenvalue weighted by Crippen LogP contribution is -2.13. The van der Waals surface area contributed by atoms with Crippen LogP contribution in [-0.4, -0.2) is 25.8 Å². The van der Waals surface area contributed by atoms with Gasteiger partial charge in [-0.25, -0.2) is 0 Å². The highest BCUT2D eigenvalue weighted by Gasteiger charge is 2.06. The molecule has 0 bridgehead atoms. The molecule has 0 fully saturated rings. The summed E-state index contributed by atoms with van der Waals surface area (Å²) < 4.78 is 10.4. The van der Waals surface area contributed by atoms with Gasteiger partial charge in [-0.05, 0) is 18.1 Å². The van der Waals surface area contributed by atoms with E-state index >= 15 is 0 Å². The molecule has 0 unspecified atom stereocenters. The van der Waals surface area contributed by atoms with E-state index in [1.54, 1.807) is 6.07 Å². The molecule has 0 atom stereocenters. The van der Waals surface area contributed by atoms with Gasteiger partial charge in [-0.15, -0.1) is 0 Å². The summed E-state index contributed by atoms with van der Waals surface area (Å²) in [6, 6.07) is 7.30.